The minimum absolute atomic E-state index is 0.0358. The van der Waals surface area contributed by atoms with Crippen molar-refractivity contribution in [2.45, 2.75) is 32.2 Å². The highest BCUT2D eigenvalue weighted by Gasteiger charge is 2.24. The van der Waals surface area contributed by atoms with E-state index >= 15 is 0 Å². The molecular formula is C17H21Cl2N3O4S. The van der Waals surface area contributed by atoms with Crippen molar-refractivity contribution in [1.82, 2.24) is 14.8 Å². The number of rotatable bonds is 7. The summed E-state index contributed by atoms with van der Waals surface area (Å²) in [5.74, 6) is 0.279. The van der Waals surface area contributed by atoms with E-state index in [1.807, 2.05) is 13.8 Å². The number of nitrogens with one attached hydrogen (secondary N) is 1. The molecule has 0 radical (unpaired) electrons. The van der Waals surface area contributed by atoms with Gasteiger partial charge in [-0.25, -0.2) is 13.1 Å². The topological polar surface area (TPSA) is 92.5 Å². The van der Waals surface area contributed by atoms with Crippen LogP contribution < -0.4 is 4.72 Å². The molecule has 0 spiro atoms. The molecule has 0 aliphatic carbocycles. The van der Waals surface area contributed by atoms with E-state index in [9.17, 15) is 13.2 Å². The molecule has 0 atom stereocenters. The molecule has 0 aliphatic heterocycles. The summed E-state index contributed by atoms with van der Waals surface area (Å²) in [6, 6.07) is 4.16. The van der Waals surface area contributed by atoms with Crippen LogP contribution in [0.3, 0.4) is 0 Å². The van der Waals surface area contributed by atoms with Crippen molar-refractivity contribution in [1.29, 1.82) is 0 Å². The van der Waals surface area contributed by atoms with Gasteiger partial charge < -0.3 is 9.42 Å². The third-order valence-electron chi connectivity index (χ3n) is 3.65. The second kappa shape index (κ2) is 8.60. The van der Waals surface area contributed by atoms with Crippen LogP contribution in [0.2, 0.25) is 10.0 Å². The van der Waals surface area contributed by atoms with Crippen LogP contribution in [0.5, 0.6) is 0 Å². The van der Waals surface area contributed by atoms with Crippen molar-refractivity contribution < 1.29 is 17.7 Å². The highest BCUT2D eigenvalue weighted by atomic mass is 35.5. The zero-order valence-electron chi connectivity index (χ0n) is 15.4. The largest absolute Gasteiger partial charge is 0.361 e. The van der Waals surface area contributed by atoms with Crippen LogP contribution in [-0.2, 0) is 16.6 Å². The summed E-state index contributed by atoms with van der Waals surface area (Å²) in [6.07, 6.45) is 0. The van der Waals surface area contributed by atoms with E-state index in [0.717, 1.165) is 0 Å². The molecular weight excluding hydrogens is 413 g/mol. The highest BCUT2D eigenvalue weighted by Crippen LogP contribution is 2.29. The molecule has 0 fully saturated rings. The fourth-order valence-corrected chi connectivity index (χ4v) is 4.33. The molecule has 0 unspecified atom stereocenters. The number of aromatic nitrogens is 1. The first-order valence-corrected chi connectivity index (χ1v) is 10.4. The summed E-state index contributed by atoms with van der Waals surface area (Å²) in [4.78, 5) is 13.9. The minimum atomic E-state index is -3.88. The van der Waals surface area contributed by atoms with Crippen LogP contribution in [0.4, 0.5) is 0 Å². The molecule has 1 aromatic heterocycles. The number of aryl methyl sites for hydroxylation is 1. The summed E-state index contributed by atoms with van der Waals surface area (Å²) in [6.45, 7) is 5.93. The Morgan fingerprint density at radius 1 is 1.26 bits per heavy atom. The van der Waals surface area contributed by atoms with Gasteiger partial charge in [-0.1, -0.05) is 42.2 Å². The number of benzene rings is 1. The number of amides is 1. The van der Waals surface area contributed by atoms with Crippen LogP contribution in [0.25, 0.3) is 0 Å². The van der Waals surface area contributed by atoms with Gasteiger partial charge in [0, 0.05) is 19.7 Å². The van der Waals surface area contributed by atoms with Crippen molar-refractivity contribution in [3.63, 3.8) is 0 Å². The Hall–Kier alpha value is -1.61. The van der Waals surface area contributed by atoms with Crippen LogP contribution in [0.1, 0.15) is 35.7 Å². The number of halogens is 2. The maximum atomic E-state index is 12.8. The normalized spacial score (nSPS) is 11.8. The predicted molar refractivity (Wildman–Crippen MR) is 104 cm³/mol. The number of hydrogen-bond donors (Lipinski definition) is 1. The smallest absolute Gasteiger partial charge is 0.255 e. The molecule has 10 heteroatoms. The first-order chi connectivity index (χ1) is 12.5. The first-order valence-electron chi connectivity index (χ1n) is 8.17. The maximum absolute atomic E-state index is 12.8. The molecule has 0 aliphatic rings. The van der Waals surface area contributed by atoms with Crippen molar-refractivity contribution in [3.8, 4) is 0 Å². The highest BCUT2D eigenvalue weighted by molar-refractivity contribution is 7.89. The second-order valence-corrected chi connectivity index (χ2v) is 9.15. The zero-order valence-corrected chi connectivity index (χ0v) is 17.7. The first kappa shape index (κ1) is 21.7. The average molecular weight is 434 g/mol. The predicted octanol–water partition coefficient (Wildman–Crippen LogP) is 3.50. The molecule has 0 bridgehead atoms. The van der Waals surface area contributed by atoms with Gasteiger partial charge in [-0.3, -0.25) is 4.79 Å². The maximum Gasteiger partial charge on any atom is 0.255 e. The molecule has 1 heterocycles. The van der Waals surface area contributed by atoms with E-state index in [-0.39, 0.29) is 39.5 Å². The van der Waals surface area contributed by atoms with Gasteiger partial charge in [0.05, 0.1) is 22.2 Å². The molecule has 1 amide bonds. The lowest BCUT2D eigenvalue weighted by molar-refractivity contribution is 0.0782. The summed E-state index contributed by atoms with van der Waals surface area (Å²) in [7, 11) is -2.32. The number of carbonyl (C=O) groups excluding carboxylic acids is 1. The Kier molecular flexibility index (Phi) is 6.91. The lowest BCUT2D eigenvalue weighted by Gasteiger charge is -2.18. The monoisotopic (exact) mass is 433 g/mol. The Labute approximate surface area is 168 Å². The lowest BCUT2D eigenvalue weighted by atomic mass is 10.2. The third kappa shape index (κ3) is 5.44. The van der Waals surface area contributed by atoms with Crippen LogP contribution >= 0.6 is 23.2 Å². The van der Waals surface area contributed by atoms with Crippen molar-refractivity contribution in [2.75, 3.05) is 13.6 Å². The third-order valence-corrected chi connectivity index (χ3v) is 5.85. The van der Waals surface area contributed by atoms with Crippen molar-refractivity contribution in [2.24, 2.45) is 5.92 Å². The Morgan fingerprint density at radius 3 is 2.48 bits per heavy atom. The van der Waals surface area contributed by atoms with Gasteiger partial charge in [0.2, 0.25) is 10.0 Å². The Morgan fingerprint density at radius 2 is 1.93 bits per heavy atom. The SMILES string of the molecule is Cc1cc(CN(C)C(=O)c2cc(S(=O)(=O)NCC(C)C)c(Cl)cc2Cl)no1. The standard InChI is InChI=1S/C17H21Cl2N3O4S/c1-10(2)8-20-27(24,25)16-6-13(14(18)7-15(16)19)17(23)22(4)9-12-5-11(3)26-21-12/h5-7,10,20H,8-9H2,1-4H3. The molecule has 1 N–H and O–H groups in total. The van der Waals surface area contributed by atoms with Gasteiger partial charge in [-0.05, 0) is 25.0 Å². The van der Waals surface area contributed by atoms with Gasteiger partial charge in [0.25, 0.3) is 5.91 Å². The second-order valence-electron chi connectivity index (χ2n) is 6.60. The average Bonchev–Trinajstić information content (AvgIpc) is 2.97. The van der Waals surface area contributed by atoms with E-state index in [1.54, 1.807) is 20.0 Å². The van der Waals surface area contributed by atoms with E-state index < -0.39 is 15.9 Å². The quantitative estimate of drug-likeness (QED) is 0.720. The molecule has 148 valence electrons. The van der Waals surface area contributed by atoms with E-state index in [1.165, 1.54) is 17.0 Å². The van der Waals surface area contributed by atoms with Gasteiger partial charge in [0.1, 0.15) is 16.3 Å². The summed E-state index contributed by atoms with van der Waals surface area (Å²) in [5, 5.41) is 3.85. The number of carbonyl (C=O) groups is 1. The Bertz CT molecular complexity index is 942. The molecule has 2 rings (SSSR count). The molecule has 1 aromatic carbocycles. The number of sulfonamides is 1. The summed E-state index contributed by atoms with van der Waals surface area (Å²) >= 11 is 12.2. The van der Waals surface area contributed by atoms with Crippen molar-refractivity contribution >= 4 is 39.1 Å². The van der Waals surface area contributed by atoms with Gasteiger partial charge in [-0.15, -0.1) is 0 Å². The van der Waals surface area contributed by atoms with E-state index in [4.69, 9.17) is 27.7 Å². The lowest BCUT2D eigenvalue weighted by Crippen LogP contribution is -2.29. The minimum Gasteiger partial charge on any atom is -0.361 e. The van der Waals surface area contributed by atoms with Crippen LogP contribution in [0, 0.1) is 12.8 Å². The van der Waals surface area contributed by atoms with E-state index in [2.05, 4.69) is 9.88 Å². The molecule has 2 aromatic rings. The summed E-state index contributed by atoms with van der Waals surface area (Å²) in [5.41, 5.74) is 0.605. The van der Waals surface area contributed by atoms with Gasteiger partial charge in [-0.2, -0.15) is 0 Å². The van der Waals surface area contributed by atoms with Crippen molar-refractivity contribution in [3.05, 3.63) is 45.3 Å². The van der Waals surface area contributed by atoms with Crippen LogP contribution in [0.15, 0.2) is 27.6 Å². The molecule has 0 saturated heterocycles. The molecule has 27 heavy (non-hydrogen) atoms. The number of nitrogens with zero attached hydrogens (tertiary/aromatic N) is 2. The van der Waals surface area contributed by atoms with Gasteiger partial charge >= 0.3 is 0 Å². The number of hydrogen-bond acceptors (Lipinski definition) is 5. The van der Waals surface area contributed by atoms with Crippen LogP contribution in [-0.4, -0.2) is 38.0 Å². The Balaban J connectivity index is 2.32. The van der Waals surface area contributed by atoms with E-state index in [0.29, 0.717) is 11.5 Å². The zero-order chi connectivity index (χ0) is 20.4. The molecule has 7 nitrogen and oxygen atoms in total. The van der Waals surface area contributed by atoms with Gasteiger partial charge in [0.15, 0.2) is 0 Å². The molecule has 0 saturated carbocycles. The summed E-state index contributed by atoms with van der Waals surface area (Å²) < 4.78 is 32.5. The fraction of sp³-hybridized carbons (Fsp3) is 0.412. The fourth-order valence-electron chi connectivity index (χ4n) is 2.27.